The largest absolute Gasteiger partial charge is 0.430 e. The number of benzene rings is 1. The van der Waals surface area contributed by atoms with Gasteiger partial charge >= 0.3 is 0 Å². The molecule has 1 saturated carbocycles. The molecule has 0 saturated heterocycles. The molecule has 1 aromatic heterocycles. The lowest BCUT2D eigenvalue weighted by atomic mass is 10.3. The van der Waals surface area contributed by atoms with Gasteiger partial charge in [0.25, 0.3) is 5.19 Å². The Morgan fingerprint density at radius 3 is 3.06 bits per heavy atom. The molecule has 0 aliphatic heterocycles. The Morgan fingerprint density at radius 1 is 1.39 bits per heavy atom. The normalized spacial score (nSPS) is 14.7. The number of hydrogen-bond donors (Lipinski definition) is 1. The zero-order valence-electron chi connectivity index (χ0n) is 9.60. The highest BCUT2D eigenvalue weighted by atomic mass is 32.1. The number of hydrogen-bond acceptors (Lipinski definition) is 5. The summed E-state index contributed by atoms with van der Waals surface area (Å²) in [4.78, 5) is 0. The van der Waals surface area contributed by atoms with E-state index in [1.165, 1.54) is 36.3 Å². The van der Waals surface area contributed by atoms with Crippen molar-refractivity contribution in [1.29, 1.82) is 0 Å². The van der Waals surface area contributed by atoms with Gasteiger partial charge in [0.05, 0.1) is 6.54 Å². The number of aromatic nitrogens is 2. The monoisotopic (exact) mass is 265 g/mol. The molecule has 0 bridgehead atoms. The van der Waals surface area contributed by atoms with E-state index < -0.39 is 0 Å². The molecule has 94 valence electrons. The highest BCUT2D eigenvalue weighted by molar-refractivity contribution is 7.13. The van der Waals surface area contributed by atoms with Gasteiger partial charge in [-0.3, -0.25) is 0 Å². The third-order valence-electron chi connectivity index (χ3n) is 2.57. The summed E-state index contributed by atoms with van der Waals surface area (Å²) < 4.78 is 18.4. The predicted molar refractivity (Wildman–Crippen MR) is 66.2 cm³/mol. The van der Waals surface area contributed by atoms with Crippen molar-refractivity contribution in [2.75, 3.05) is 0 Å². The van der Waals surface area contributed by atoms with Crippen LogP contribution >= 0.6 is 11.3 Å². The maximum Gasteiger partial charge on any atom is 0.299 e. The second kappa shape index (κ2) is 4.99. The van der Waals surface area contributed by atoms with E-state index in [2.05, 4.69) is 15.5 Å². The highest BCUT2D eigenvalue weighted by Crippen LogP contribution is 2.26. The zero-order chi connectivity index (χ0) is 12.4. The second-order valence-electron chi connectivity index (χ2n) is 4.18. The summed E-state index contributed by atoms with van der Waals surface area (Å²) in [5, 5.41) is 12.6. The number of rotatable bonds is 5. The molecule has 1 aliphatic carbocycles. The summed E-state index contributed by atoms with van der Waals surface area (Å²) >= 11 is 1.37. The highest BCUT2D eigenvalue weighted by Gasteiger charge is 2.20. The van der Waals surface area contributed by atoms with Crippen LogP contribution in [-0.2, 0) is 6.54 Å². The Morgan fingerprint density at radius 2 is 2.28 bits per heavy atom. The van der Waals surface area contributed by atoms with Gasteiger partial charge in [-0.1, -0.05) is 22.5 Å². The first kappa shape index (κ1) is 11.6. The molecule has 1 heterocycles. The minimum absolute atomic E-state index is 0.326. The molecule has 0 unspecified atom stereocenters. The summed E-state index contributed by atoms with van der Waals surface area (Å²) in [6.07, 6.45) is 2.48. The SMILES string of the molecule is Fc1cccc(Oc2nnc(CNC3CC3)s2)c1. The van der Waals surface area contributed by atoms with Crippen LogP contribution in [0.1, 0.15) is 17.8 Å². The van der Waals surface area contributed by atoms with Gasteiger partial charge in [-0.2, -0.15) is 0 Å². The molecule has 4 nitrogen and oxygen atoms in total. The van der Waals surface area contributed by atoms with Crippen molar-refractivity contribution < 1.29 is 9.13 Å². The molecule has 0 radical (unpaired) electrons. The molecule has 1 N–H and O–H groups in total. The standard InChI is InChI=1S/C12H12FN3OS/c13-8-2-1-3-10(6-8)17-12-16-15-11(18-12)7-14-9-4-5-9/h1-3,6,9,14H,4-5,7H2. The predicted octanol–water partition coefficient (Wildman–Crippen LogP) is 2.72. The fourth-order valence-corrected chi connectivity index (χ4v) is 2.16. The molecular formula is C12H12FN3OS. The molecule has 0 spiro atoms. The van der Waals surface area contributed by atoms with Gasteiger partial charge in [0.15, 0.2) is 0 Å². The third-order valence-corrected chi connectivity index (χ3v) is 3.37. The first-order chi connectivity index (χ1) is 8.79. The van der Waals surface area contributed by atoms with Crippen LogP contribution < -0.4 is 10.1 Å². The second-order valence-corrected chi connectivity index (χ2v) is 5.20. The molecule has 1 aromatic carbocycles. The molecule has 2 aromatic rings. The van der Waals surface area contributed by atoms with Gasteiger partial charge in [-0.15, -0.1) is 5.10 Å². The number of halogens is 1. The summed E-state index contributed by atoms with van der Waals surface area (Å²) in [5.74, 6) is 0.112. The Kier molecular flexibility index (Phi) is 3.21. The third kappa shape index (κ3) is 3.02. The van der Waals surface area contributed by atoms with E-state index in [9.17, 15) is 4.39 Å². The van der Waals surface area contributed by atoms with Gasteiger partial charge in [-0.25, -0.2) is 4.39 Å². The van der Waals surface area contributed by atoms with Crippen molar-refractivity contribution in [1.82, 2.24) is 15.5 Å². The van der Waals surface area contributed by atoms with Crippen molar-refractivity contribution in [3.63, 3.8) is 0 Å². The molecular weight excluding hydrogens is 253 g/mol. The van der Waals surface area contributed by atoms with E-state index in [4.69, 9.17) is 4.74 Å². The lowest BCUT2D eigenvalue weighted by Crippen LogP contribution is -2.14. The molecule has 0 amide bonds. The van der Waals surface area contributed by atoms with Crippen LogP contribution in [0.3, 0.4) is 0 Å². The maximum absolute atomic E-state index is 13.0. The summed E-state index contributed by atoms with van der Waals surface area (Å²) in [6.45, 7) is 0.717. The van der Waals surface area contributed by atoms with Gasteiger partial charge in [0.2, 0.25) is 0 Å². The quantitative estimate of drug-likeness (QED) is 0.903. The van der Waals surface area contributed by atoms with E-state index in [0.717, 1.165) is 11.6 Å². The van der Waals surface area contributed by atoms with Crippen molar-refractivity contribution in [3.8, 4) is 10.9 Å². The fraction of sp³-hybridized carbons (Fsp3) is 0.333. The molecule has 0 atom stereocenters. The van der Waals surface area contributed by atoms with Crippen LogP contribution in [0.15, 0.2) is 24.3 Å². The average molecular weight is 265 g/mol. The van der Waals surface area contributed by atoms with Gasteiger partial charge < -0.3 is 10.1 Å². The Balaban J connectivity index is 1.61. The lowest BCUT2D eigenvalue weighted by Gasteiger charge is -1.99. The van der Waals surface area contributed by atoms with Crippen molar-refractivity contribution >= 4 is 11.3 Å². The minimum atomic E-state index is -0.326. The number of nitrogens with one attached hydrogen (secondary N) is 1. The first-order valence-corrected chi connectivity index (χ1v) is 6.60. The maximum atomic E-state index is 13.0. The van der Waals surface area contributed by atoms with Crippen LogP contribution in [0.2, 0.25) is 0 Å². The topological polar surface area (TPSA) is 47.0 Å². The van der Waals surface area contributed by atoms with Crippen molar-refractivity contribution in [2.45, 2.75) is 25.4 Å². The molecule has 6 heteroatoms. The van der Waals surface area contributed by atoms with E-state index >= 15 is 0 Å². The summed E-state index contributed by atoms with van der Waals surface area (Å²) in [7, 11) is 0. The van der Waals surface area contributed by atoms with Crippen molar-refractivity contribution in [3.05, 3.63) is 35.1 Å². The smallest absolute Gasteiger partial charge is 0.299 e. The van der Waals surface area contributed by atoms with Crippen LogP contribution in [-0.4, -0.2) is 16.2 Å². The average Bonchev–Trinajstić information content (AvgIpc) is 3.08. The summed E-state index contributed by atoms with van der Waals surface area (Å²) in [5.41, 5.74) is 0. The van der Waals surface area contributed by atoms with Crippen LogP contribution in [0.4, 0.5) is 4.39 Å². The van der Waals surface area contributed by atoms with Crippen molar-refractivity contribution in [2.24, 2.45) is 0 Å². The van der Waals surface area contributed by atoms with Crippen LogP contribution in [0.5, 0.6) is 10.9 Å². The van der Waals surface area contributed by atoms with E-state index in [1.807, 2.05) is 0 Å². The zero-order valence-corrected chi connectivity index (χ0v) is 10.4. The minimum Gasteiger partial charge on any atom is -0.430 e. The van der Waals surface area contributed by atoms with E-state index in [0.29, 0.717) is 17.0 Å². The fourth-order valence-electron chi connectivity index (χ4n) is 1.50. The number of nitrogens with zero attached hydrogens (tertiary/aromatic N) is 2. The number of ether oxygens (including phenoxy) is 1. The van der Waals surface area contributed by atoms with Crippen LogP contribution in [0.25, 0.3) is 0 Å². The van der Waals surface area contributed by atoms with E-state index in [1.54, 1.807) is 12.1 Å². The molecule has 1 aliphatic rings. The molecule has 18 heavy (non-hydrogen) atoms. The Bertz CT molecular complexity index is 542. The molecule has 1 fully saturated rings. The lowest BCUT2D eigenvalue weighted by molar-refractivity contribution is 0.467. The molecule has 3 rings (SSSR count). The van der Waals surface area contributed by atoms with Gasteiger partial charge in [-0.05, 0) is 25.0 Å². The van der Waals surface area contributed by atoms with Gasteiger partial charge in [0.1, 0.15) is 16.6 Å². The first-order valence-electron chi connectivity index (χ1n) is 5.79. The van der Waals surface area contributed by atoms with Crippen LogP contribution in [0, 0.1) is 5.82 Å². The van der Waals surface area contributed by atoms with E-state index in [-0.39, 0.29) is 5.82 Å². The Hall–Kier alpha value is -1.53. The van der Waals surface area contributed by atoms with Gasteiger partial charge in [0, 0.05) is 12.1 Å². The summed E-state index contributed by atoms with van der Waals surface area (Å²) in [6, 6.07) is 6.62. The Labute approximate surface area is 108 Å².